The van der Waals surface area contributed by atoms with Crippen LogP contribution in [0.4, 0.5) is 0 Å². The Morgan fingerprint density at radius 3 is 2.79 bits per heavy atom. The number of aromatic nitrogens is 1. The zero-order valence-corrected chi connectivity index (χ0v) is 11.5. The SMILES string of the molecule is COCCOCCCn1cc(CN)c2ccccc21. The minimum absolute atomic E-state index is 0.581. The molecular weight excluding hydrogens is 240 g/mol. The summed E-state index contributed by atoms with van der Waals surface area (Å²) in [4.78, 5) is 0. The van der Waals surface area contributed by atoms with Gasteiger partial charge in [0.2, 0.25) is 0 Å². The van der Waals surface area contributed by atoms with Gasteiger partial charge < -0.3 is 19.8 Å². The van der Waals surface area contributed by atoms with Gasteiger partial charge in [0.15, 0.2) is 0 Å². The van der Waals surface area contributed by atoms with Gasteiger partial charge in [-0.25, -0.2) is 0 Å². The average Bonchev–Trinajstić information content (AvgIpc) is 2.81. The Balaban J connectivity index is 1.93. The number of methoxy groups -OCH3 is 1. The molecular formula is C15H22N2O2. The van der Waals surface area contributed by atoms with Crippen LogP contribution >= 0.6 is 0 Å². The molecule has 0 aliphatic rings. The van der Waals surface area contributed by atoms with Crippen molar-refractivity contribution in [3.63, 3.8) is 0 Å². The molecule has 0 radical (unpaired) electrons. The van der Waals surface area contributed by atoms with E-state index in [0.717, 1.165) is 19.6 Å². The van der Waals surface area contributed by atoms with Crippen molar-refractivity contribution >= 4 is 10.9 Å². The molecule has 0 saturated carbocycles. The third-order valence-corrected chi connectivity index (χ3v) is 3.21. The largest absolute Gasteiger partial charge is 0.382 e. The smallest absolute Gasteiger partial charge is 0.0700 e. The van der Waals surface area contributed by atoms with E-state index >= 15 is 0 Å². The number of aryl methyl sites for hydroxylation is 1. The number of fused-ring (bicyclic) bond motifs is 1. The number of ether oxygens (including phenoxy) is 2. The van der Waals surface area contributed by atoms with E-state index in [4.69, 9.17) is 15.2 Å². The first-order valence-corrected chi connectivity index (χ1v) is 6.70. The second-order valence-corrected chi connectivity index (χ2v) is 4.53. The van der Waals surface area contributed by atoms with Crippen LogP contribution in [0.3, 0.4) is 0 Å². The molecule has 0 atom stereocenters. The summed E-state index contributed by atoms with van der Waals surface area (Å²) in [6.07, 6.45) is 3.15. The molecule has 2 rings (SSSR count). The highest BCUT2D eigenvalue weighted by molar-refractivity contribution is 5.83. The molecule has 2 N–H and O–H groups in total. The molecule has 2 aromatic rings. The average molecular weight is 262 g/mol. The number of nitrogens with two attached hydrogens (primary N) is 1. The molecule has 0 amide bonds. The van der Waals surface area contributed by atoms with E-state index in [-0.39, 0.29) is 0 Å². The second kappa shape index (κ2) is 7.28. The predicted octanol–water partition coefficient (Wildman–Crippen LogP) is 2.15. The molecule has 0 spiro atoms. The molecule has 1 aromatic carbocycles. The van der Waals surface area contributed by atoms with Gasteiger partial charge in [-0.1, -0.05) is 18.2 Å². The number of benzene rings is 1. The molecule has 0 unspecified atom stereocenters. The van der Waals surface area contributed by atoms with Crippen molar-refractivity contribution < 1.29 is 9.47 Å². The third-order valence-electron chi connectivity index (χ3n) is 3.21. The number of hydrogen-bond acceptors (Lipinski definition) is 3. The zero-order valence-electron chi connectivity index (χ0n) is 11.5. The lowest BCUT2D eigenvalue weighted by Gasteiger charge is -2.06. The highest BCUT2D eigenvalue weighted by Crippen LogP contribution is 2.21. The number of hydrogen-bond donors (Lipinski definition) is 1. The van der Waals surface area contributed by atoms with Crippen LogP contribution in [0.2, 0.25) is 0 Å². The van der Waals surface area contributed by atoms with Crippen LogP contribution < -0.4 is 5.73 Å². The van der Waals surface area contributed by atoms with Gasteiger partial charge in [-0.05, 0) is 18.1 Å². The van der Waals surface area contributed by atoms with Crippen LogP contribution in [0, 0.1) is 0 Å². The van der Waals surface area contributed by atoms with Gasteiger partial charge in [-0.15, -0.1) is 0 Å². The summed E-state index contributed by atoms with van der Waals surface area (Å²) < 4.78 is 12.7. The number of para-hydroxylation sites is 1. The Kier molecular flexibility index (Phi) is 5.39. The maximum absolute atomic E-state index is 5.79. The summed E-state index contributed by atoms with van der Waals surface area (Å²) in [6, 6.07) is 8.39. The summed E-state index contributed by atoms with van der Waals surface area (Å²) in [6.45, 7) is 3.61. The summed E-state index contributed by atoms with van der Waals surface area (Å²) >= 11 is 0. The lowest BCUT2D eigenvalue weighted by molar-refractivity contribution is 0.0681. The van der Waals surface area contributed by atoms with Crippen molar-refractivity contribution in [2.24, 2.45) is 5.73 Å². The lowest BCUT2D eigenvalue weighted by Crippen LogP contribution is -2.06. The first-order chi connectivity index (χ1) is 9.36. The van der Waals surface area contributed by atoms with Crippen LogP contribution in [-0.4, -0.2) is 31.5 Å². The Morgan fingerprint density at radius 2 is 2.00 bits per heavy atom. The molecule has 4 heteroatoms. The molecule has 0 aliphatic heterocycles. The molecule has 0 saturated heterocycles. The normalized spacial score (nSPS) is 11.3. The molecule has 0 bridgehead atoms. The van der Waals surface area contributed by atoms with Crippen molar-refractivity contribution in [1.82, 2.24) is 4.57 Å². The van der Waals surface area contributed by atoms with Gasteiger partial charge >= 0.3 is 0 Å². The maximum Gasteiger partial charge on any atom is 0.0700 e. The summed E-state index contributed by atoms with van der Waals surface area (Å²) in [7, 11) is 1.68. The summed E-state index contributed by atoms with van der Waals surface area (Å²) in [5.74, 6) is 0. The van der Waals surface area contributed by atoms with E-state index < -0.39 is 0 Å². The predicted molar refractivity (Wildman–Crippen MR) is 77.1 cm³/mol. The Hall–Kier alpha value is -1.36. The fraction of sp³-hybridized carbons (Fsp3) is 0.467. The van der Waals surface area contributed by atoms with Crippen molar-refractivity contribution in [2.75, 3.05) is 26.9 Å². The highest BCUT2D eigenvalue weighted by Gasteiger charge is 2.05. The van der Waals surface area contributed by atoms with Gasteiger partial charge in [-0.3, -0.25) is 0 Å². The van der Waals surface area contributed by atoms with Crippen LogP contribution in [0.25, 0.3) is 10.9 Å². The molecule has 0 aliphatic carbocycles. The standard InChI is InChI=1S/C15H22N2O2/c1-18-9-10-19-8-4-7-17-12-13(11-16)14-5-2-3-6-15(14)17/h2-3,5-6,12H,4,7-11,16H2,1H3. The van der Waals surface area contributed by atoms with Gasteiger partial charge in [0, 0.05) is 43.9 Å². The van der Waals surface area contributed by atoms with Crippen molar-refractivity contribution in [1.29, 1.82) is 0 Å². The number of rotatable bonds is 8. The van der Waals surface area contributed by atoms with Crippen LogP contribution in [0.15, 0.2) is 30.5 Å². The van der Waals surface area contributed by atoms with Crippen molar-refractivity contribution in [3.05, 3.63) is 36.0 Å². The van der Waals surface area contributed by atoms with E-state index in [0.29, 0.717) is 19.8 Å². The van der Waals surface area contributed by atoms with E-state index in [9.17, 15) is 0 Å². The highest BCUT2D eigenvalue weighted by atomic mass is 16.5. The fourth-order valence-electron chi connectivity index (χ4n) is 2.25. The quantitative estimate of drug-likeness (QED) is 0.742. The molecule has 19 heavy (non-hydrogen) atoms. The van der Waals surface area contributed by atoms with Crippen LogP contribution in [-0.2, 0) is 22.6 Å². The van der Waals surface area contributed by atoms with Crippen molar-refractivity contribution in [2.45, 2.75) is 19.5 Å². The fourth-order valence-corrected chi connectivity index (χ4v) is 2.25. The van der Waals surface area contributed by atoms with E-state index in [2.05, 4.69) is 35.0 Å². The van der Waals surface area contributed by atoms with Gasteiger partial charge in [-0.2, -0.15) is 0 Å². The van der Waals surface area contributed by atoms with E-state index in [1.54, 1.807) is 7.11 Å². The minimum Gasteiger partial charge on any atom is -0.382 e. The first kappa shape index (κ1) is 14.1. The molecule has 1 aromatic heterocycles. The van der Waals surface area contributed by atoms with Gasteiger partial charge in [0.05, 0.1) is 13.2 Å². The lowest BCUT2D eigenvalue weighted by atomic mass is 10.2. The number of nitrogens with zero attached hydrogens (tertiary/aromatic N) is 1. The van der Waals surface area contributed by atoms with Crippen LogP contribution in [0.5, 0.6) is 0 Å². The molecule has 104 valence electrons. The monoisotopic (exact) mass is 262 g/mol. The first-order valence-electron chi connectivity index (χ1n) is 6.70. The Morgan fingerprint density at radius 1 is 1.16 bits per heavy atom. The Labute approximate surface area is 114 Å². The summed E-state index contributed by atoms with van der Waals surface area (Å²) in [5.41, 5.74) is 8.24. The van der Waals surface area contributed by atoms with Gasteiger partial charge in [0.25, 0.3) is 0 Å². The minimum atomic E-state index is 0.581. The van der Waals surface area contributed by atoms with E-state index in [1.807, 2.05) is 0 Å². The second-order valence-electron chi connectivity index (χ2n) is 4.53. The maximum atomic E-state index is 5.79. The third kappa shape index (κ3) is 3.56. The molecule has 4 nitrogen and oxygen atoms in total. The summed E-state index contributed by atoms with van der Waals surface area (Å²) in [5, 5.41) is 1.25. The van der Waals surface area contributed by atoms with Crippen LogP contribution in [0.1, 0.15) is 12.0 Å². The van der Waals surface area contributed by atoms with Gasteiger partial charge in [0.1, 0.15) is 0 Å². The zero-order chi connectivity index (χ0) is 13.5. The van der Waals surface area contributed by atoms with E-state index in [1.165, 1.54) is 16.5 Å². The molecule has 1 heterocycles. The van der Waals surface area contributed by atoms with Crippen molar-refractivity contribution in [3.8, 4) is 0 Å². The molecule has 0 fully saturated rings. The Bertz CT molecular complexity index is 508. The topological polar surface area (TPSA) is 49.4 Å².